The van der Waals surface area contributed by atoms with Crippen LogP contribution < -0.4 is 10.9 Å². The number of aldehydes is 1. The van der Waals surface area contributed by atoms with E-state index in [2.05, 4.69) is 10.3 Å². The average molecular weight is 247 g/mol. The molecule has 0 aliphatic carbocycles. The van der Waals surface area contributed by atoms with Crippen molar-refractivity contribution in [3.63, 3.8) is 0 Å². The van der Waals surface area contributed by atoms with Gasteiger partial charge in [0.25, 0.3) is 5.56 Å². The van der Waals surface area contributed by atoms with Crippen LogP contribution in [-0.2, 0) is 4.74 Å². The van der Waals surface area contributed by atoms with Crippen LogP contribution in [0.3, 0.4) is 0 Å². The number of methoxy groups -OCH3 is 1. The predicted octanol–water partition coefficient (Wildman–Crippen LogP) is 0.565. The molecule has 0 atom stereocenters. The molecule has 18 heavy (non-hydrogen) atoms. The van der Waals surface area contributed by atoms with Crippen LogP contribution in [0.15, 0.2) is 29.2 Å². The van der Waals surface area contributed by atoms with E-state index in [9.17, 15) is 9.59 Å². The smallest absolute Gasteiger partial charge is 0.270 e. The highest BCUT2D eigenvalue weighted by Crippen LogP contribution is 2.08. The third-order valence-corrected chi connectivity index (χ3v) is 2.49. The zero-order chi connectivity index (χ0) is 13.0. The number of rotatable bonds is 5. The minimum Gasteiger partial charge on any atom is -0.383 e. The summed E-state index contributed by atoms with van der Waals surface area (Å²) in [6, 6.07) is 5.20. The number of hydrogen-bond acceptors (Lipinski definition) is 5. The molecule has 2 heterocycles. The van der Waals surface area contributed by atoms with E-state index in [1.807, 2.05) is 0 Å². The first-order chi connectivity index (χ1) is 8.77. The molecular formula is C12H13N3O3. The maximum absolute atomic E-state index is 12.0. The van der Waals surface area contributed by atoms with Gasteiger partial charge in [-0.15, -0.1) is 0 Å². The van der Waals surface area contributed by atoms with Crippen LogP contribution in [-0.4, -0.2) is 35.9 Å². The normalized spacial score (nSPS) is 10.5. The van der Waals surface area contributed by atoms with E-state index in [1.165, 1.54) is 4.40 Å². The monoisotopic (exact) mass is 247 g/mol. The Kier molecular flexibility index (Phi) is 3.69. The lowest BCUT2D eigenvalue weighted by Crippen LogP contribution is -2.23. The van der Waals surface area contributed by atoms with Gasteiger partial charge in [-0.3, -0.25) is 14.0 Å². The lowest BCUT2D eigenvalue weighted by Gasteiger charge is -2.08. The van der Waals surface area contributed by atoms with Crippen LogP contribution in [0.2, 0.25) is 0 Å². The SMILES string of the molecule is COCCNc1nc2ccccn2c(=O)c1C=O. The first-order valence-corrected chi connectivity index (χ1v) is 5.47. The maximum atomic E-state index is 12.0. The van der Waals surface area contributed by atoms with Gasteiger partial charge in [0, 0.05) is 19.9 Å². The highest BCUT2D eigenvalue weighted by molar-refractivity contribution is 5.82. The molecule has 0 aromatic carbocycles. The van der Waals surface area contributed by atoms with Gasteiger partial charge in [-0.1, -0.05) is 6.07 Å². The Morgan fingerprint density at radius 2 is 2.33 bits per heavy atom. The van der Waals surface area contributed by atoms with E-state index in [0.29, 0.717) is 30.9 Å². The molecule has 0 aliphatic rings. The fourth-order valence-electron chi connectivity index (χ4n) is 1.62. The second-order valence-corrected chi connectivity index (χ2v) is 3.65. The van der Waals surface area contributed by atoms with Crippen molar-refractivity contribution >= 4 is 17.8 Å². The molecule has 94 valence electrons. The molecule has 0 amide bonds. The predicted molar refractivity (Wildman–Crippen MR) is 67.2 cm³/mol. The molecule has 6 heteroatoms. The molecule has 2 aromatic rings. The lowest BCUT2D eigenvalue weighted by atomic mass is 10.3. The van der Waals surface area contributed by atoms with Crippen molar-refractivity contribution < 1.29 is 9.53 Å². The average Bonchev–Trinajstić information content (AvgIpc) is 2.39. The van der Waals surface area contributed by atoms with Gasteiger partial charge in [0.1, 0.15) is 17.0 Å². The van der Waals surface area contributed by atoms with Crippen molar-refractivity contribution in [3.05, 3.63) is 40.3 Å². The second kappa shape index (κ2) is 5.42. The summed E-state index contributed by atoms with van der Waals surface area (Å²) in [7, 11) is 1.57. The summed E-state index contributed by atoms with van der Waals surface area (Å²) in [6.07, 6.45) is 2.10. The number of pyridine rings is 1. The number of anilines is 1. The highest BCUT2D eigenvalue weighted by atomic mass is 16.5. The third-order valence-electron chi connectivity index (χ3n) is 2.49. The summed E-state index contributed by atoms with van der Waals surface area (Å²) in [5.74, 6) is 0.290. The van der Waals surface area contributed by atoms with E-state index in [0.717, 1.165) is 0 Å². The Hall–Kier alpha value is -2.21. The standard InChI is InChI=1S/C12H13N3O3/c1-18-7-5-13-11-9(8-16)12(17)15-6-3-2-4-10(15)14-11/h2-4,6,8,13H,5,7H2,1H3. The molecule has 0 radical (unpaired) electrons. The maximum Gasteiger partial charge on any atom is 0.270 e. The molecule has 0 fully saturated rings. The molecule has 0 saturated carbocycles. The number of nitrogens with one attached hydrogen (secondary N) is 1. The summed E-state index contributed by atoms with van der Waals surface area (Å²) >= 11 is 0. The summed E-state index contributed by atoms with van der Waals surface area (Å²) in [4.78, 5) is 27.3. The number of hydrogen-bond donors (Lipinski definition) is 1. The topological polar surface area (TPSA) is 72.7 Å². The van der Waals surface area contributed by atoms with Crippen molar-refractivity contribution in [3.8, 4) is 0 Å². The molecule has 1 N–H and O–H groups in total. The third kappa shape index (κ3) is 2.23. The molecule has 2 rings (SSSR count). The van der Waals surface area contributed by atoms with Gasteiger partial charge in [0.15, 0.2) is 6.29 Å². The second-order valence-electron chi connectivity index (χ2n) is 3.65. The zero-order valence-electron chi connectivity index (χ0n) is 9.92. The Balaban J connectivity index is 2.51. The summed E-state index contributed by atoms with van der Waals surface area (Å²) in [5.41, 5.74) is 0.137. The fraction of sp³-hybridized carbons (Fsp3) is 0.250. The van der Waals surface area contributed by atoms with E-state index < -0.39 is 0 Å². The highest BCUT2D eigenvalue weighted by Gasteiger charge is 2.11. The Morgan fingerprint density at radius 3 is 3.06 bits per heavy atom. The van der Waals surface area contributed by atoms with Crippen molar-refractivity contribution in [2.45, 2.75) is 0 Å². The molecular weight excluding hydrogens is 234 g/mol. The molecule has 2 aromatic heterocycles. The molecule has 0 saturated heterocycles. The van der Waals surface area contributed by atoms with Crippen LogP contribution >= 0.6 is 0 Å². The number of ether oxygens (including phenoxy) is 1. The largest absolute Gasteiger partial charge is 0.383 e. The van der Waals surface area contributed by atoms with Crippen molar-refractivity contribution in [2.75, 3.05) is 25.6 Å². The minimum atomic E-state index is -0.379. The van der Waals surface area contributed by atoms with Gasteiger partial charge in [-0.05, 0) is 12.1 Å². The van der Waals surface area contributed by atoms with Crippen LogP contribution in [0.1, 0.15) is 10.4 Å². The number of nitrogens with zero attached hydrogens (tertiary/aromatic N) is 2. The van der Waals surface area contributed by atoms with Gasteiger partial charge in [0.2, 0.25) is 0 Å². The van der Waals surface area contributed by atoms with E-state index in [-0.39, 0.29) is 11.1 Å². The summed E-state index contributed by atoms with van der Waals surface area (Å²) < 4.78 is 6.23. The molecule has 0 aliphatic heterocycles. The van der Waals surface area contributed by atoms with Crippen LogP contribution in [0, 0.1) is 0 Å². The number of carbonyl (C=O) groups is 1. The van der Waals surface area contributed by atoms with Crippen molar-refractivity contribution in [2.24, 2.45) is 0 Å². The van der Waals surface area contributed by atoms with Crippen molar-refractivity contribution in [1.82, 2.24) is 9.38 Å². The summed E-state index contributed by atoms with van der Waals surface area (Å²) in [5, 5.41) is 2.92. The van der Waals surface area contributed by atoms with Gasteiger partial charge in [-0.2, -0.15) is 0 Å². The van der Waals surface area contributed by atoms with Gasteiger partial charge in [-0.25, -0.2) is 4.98 Å². The minimum absolute atomic E-state index is 0.0230. The van der Waals surface area contributed by atoms with Gasteiger partial charge in [0.05, 0.1) is 6.61 Å². The number of carbonyl (C=O) groups excluding carboxylic acids is 1. The first-order valence-electron chi connectivity index (χ1n) is 5.47. The number of aromatic nitrogens is 2. The van der Waals surface area contributed by atoms with Crippen LogP contribution in [0.4, 0.5) is 5.82 Å². The summed E-state index contributed by atoms with van der Waals surface area (Å²) in [6.45, 7) is 0.945. The quantitative estimate of drug-likeness (QED) is 0.617. The number of fused-ring (bicyclic) bond motifs is 1. The van der Waals surface area contributed by atoms with Crippen molar-refractivity contribution in [1.29, 1.82) is 0 Å². The first kappa shape index (κ1) is 12.3. The Morgan fingerprint density at radius 1 is 1.50 bits per heavy atom. The molecule has 0 bridgehead atoms. The van der Waals surface area contributed by atoms with E-state index in [4.69, 9.17) is 4.74 Å². The van der Waals surface area contributed by atoms with E-state index >= 15 is 0 Å². The van der Waals surface area contributed by atoms with Crippen LogP contribution in [0.5, 0.6) is 0 Å². The zero-order valence-corrected chi connectivity index (χ0v) is 9.92. The van der Waals surface area contributed by atoms with Gasteiger partial charge >= 0.3 is 0 Å². The molecule has 0 unspecified atom stereocenters. The van der Waals surface area contributed by atoms with Crippen LogP contribution in [0.25, 0.3) is 5.65 Å². The fourth-order valence-corrected chi connectivity index (χ4v) is 1.62. The van der Waals surface area contributed by atoms with E-state index in [1.54, 1.807) is 31.5 Å². The van der Waals surface area contributed by atoms with Gasteiger partial charge < -0.3 is 10.1 Å². The Labute approximate surface area is 103 Å². The lowest BCUT2D eigenvalue weighted by molar-refractivity contribution is 0.112. The Bertz CT molecular complexity index is 621. The molecule has 0 spiro atoms. The molecule has 6 nitrogen and oxygen atoms in total.